The maximum absolute atomic E-state index is 10.8. The first kappa shape index (κ1) is 7.10. The molecule has 2 N–H and O–H groups in total. The van der Waals surface area contributed by atoms with Crippen molar-refractivity contribution in [2.45, 2.75) is 25.8 Å². The molecular weight excluding hydrogens is 140 g/mol. The average molecular weight is 154 g/mol. The zero-order valence-electron chi connectivity index (χ0n) is 6.81. The second-order valence-corrected chi connectivity index (χ2v) is 3.75. The van der Waals surface area contributed by atoms with E-state index in [2.05, 4.69) is 10.6 Å². The Morgan fingerprint density at radius 1 is 1.64 bits per heavy atom. The number of carbonyl (C=O) groups is 1. The van der Waals surface area contributed by atoms with Crippen LogP contribution in [0.25, 0.3) is 0 Å². The van der Waals surface area contributed by atoms with Crippen molar-refractivity contribution >= 4 is 5.91 Å². The largest absolute Gasteiger partial charge is 0.352 e. The molecule has 1 saturated carbocycles. The van der Waals surface area contributed by atoms with Crippen molar-refractivity contribution in [3.05, 3.63) is 0 Å². The maximum atomic E-state index is 10.8. The Morgan fingerprint density at radius 3 is 2.91 bits per heavy atom. The summed E-state index contributed by atoms with van der Waals surface area (Å²) in [6.07, 6.45) is 2.57. The van der Waals surface area contributed by atoms with Crippen LogP contribution in [0.4, 0.5) is 0 Å². The Kier molecular flexibility index (Phi) is 1.42. The van der Waals surface area contributed by atoms with Crippen LogP contribution >= 0.6 is 0 Å². The third kappa shape index (κ3) is 1.13. The molecule has 0 aromatic carbocycles. The minimum absolute atomic E-state index is 0.102. The number of rotatable bonds is 1. The normalized spacial score (nSPS) is 32.3. The van der Waals surface area contributed by atoms with Gasteiger partial charge in [-0.15, -0.1) is 0 Å². The third-order valence-electron chi connectivity index (χ3n) is 2.83. The monoisotopic (exact) mass is 154 g/mol. The molecule has 0 radical (unpaired) electrons. The zero-order chi connectivity index (χ0) is 7.90. The molecule has 2 aliphatic rings. The van der Waals surface area contributed by atoms with Gasteiger partial charge in [-0.3, -0.25) is 4.79 Å². The highest BCUT2D eigenvalue weighted by Gasteiger charge is 2.52. The van der Waals surface area contributed by atoms with Crippen LogP contribution in [0.3, 0.4) is 0 Å². The third-order valence-corrected chi connectivity index (χ3v) is 2.83. The van der Waals surface area contributed by atoms with Gasteiger partial charge < -0.3 is 10.6 Å². The fraction of sp³-hybridized carbons (Fsp3) is 0.875. The first-order chi connectivity index (χ1) is 5.23. The van der Waals surface area contributed by atoms with Gasteiger partial charge in [0.1, 0.15) is 0 Å². The molecule has 11 heavy (non-hydrogen) atoms. The smallest absolute Gasteiger partial charge is 0.217 e. The van der Waals surface area contributed by atoms with Crippen LogP contribution in [0.2, 0.25) is 0 Å². The topological polar surface area (TPSA) is 41.1 Å². The number of amides is 1. The molecule has 1 atom stereocenters. The Labute approximate surface area is 66.5 Å². The molecule has 3 nitrogen and oxygen atoms in total. The molecule has 3 heteroatoms. The van der Waals surface area contributed by atoms with Crippen LogP contribution in [0.15, 0.2) is 0 Å². The highest BCUT2D eigenvalue weighted by molar-refractivity contribution is 5.73. The van der Waals surface area contributed by atoms with Gasteiger partial charge in [-0.2, -0.15) is 0 Å². The lowest BCUT2D eigenvalue weighted by atomic mass is 10.0. The molecule has 0 aromatic heterocycles. The summed E-state index contributed by atoms with van der Waals surface area (Å²) in [7, 11) is 0. The second-order valence-electron chi connectivity index (χ2n) is 3.75. The first-order valence-corrected chi connectivity index (χ1v) is 4.21. The summed E-state index contributed by atoms with van der Waals surface area (Å²) in [5.41, 5.74) is 0.450. The van der Waals surface area contributed by atoms with Gasteiger partial charge in [0.25, 0.3) is 0 Å². The maximum Gasteiger partial charge on any atom is 0.217 e. The lowest BCUT2D eigenvalue weighted by molar-refractivity contribution is -0.119. The van der Waals surface area contributed by atoms with Crippen molar-refractivity contribution in [2.24, 2.45) is 5.41 Å². The Morgan fingerprint density at radius 2 is 2.36 bits per heavy atom. The fourth-order valence-corrected chi connectivity index (χ4v) is 1.94. The van der Waals surface area contributed by atoms with Crippen LogP contribution < -0.4 is 10.6 Å². The van der Waals surface area contributed by atoms with Crippen LogP contribution in [-0.4, -0.2) is 25.0 Å². The van der Waals surface area contributed by atoms with Crippen LogP contribution in [-0.2, 0) is 4.79 Å². The van der Waals surface area contributed by atoms with Crippen molar-refractivity contribution in [3.8, 4) is 0 Å². The van der Waals surface area contributed by atoms with E-state index in [0.29, 0.717) is 11.5 Å². The summed E-state index contributed by atoms with van der Waals surface area (Å²) in [4.78, 5) is 10.8. The van der Waals surface area contributed by atoms with Gasteiger partial charge in [0, 0.05) is 31.5 Å². The lowest BCUT2D eigenvalue weighted by Crippen LogP contribution is -2.39. The summed E-state index contributed by atoms with van der Waals surface area (Å²) in [6.45, 7) is 3.64. The molecule has 1 aliphatic carbocycles. The van der Waals surface area contributed by atoms with Gasteiger partial charge in [-0.25, -0.2) is 0 Å². The molecule has 1 spiro atoms. The molecule has 2 rings (SSSR count). The molecule has 62 valence electrons. The molecule has 1 amide bonds. The number of hydrogen-bond donors (Lipinski definition) is 2. The minimum atomic E-state index is 0.102. The van der Waals surface area contributed by atoms with Crippen molar-refractivity contribution in [3.63, 3.8) is 0 Å². The van der Waals surface area contributed by atoms with Gasteiger partial charge in [-0.05, 0) is 12.8 Å². The second kappa shape index (κ2) is 2.21. The average Bonchev–Trinajstić information content (AvgIpc) is 2.56. The van der Waals surface area contributed by atoms with Crippen LogP contribution in [0.1, 0.15) is 19.8 Å². The van der Waals surface area contributed by atoms with Crippen molar-refractivity contribution in [1.29, 1.82) is 0 Å². The van der Waals surface area contributed by atoms with Gasteiger partial charge >= 0.3 is 0 Å². The first-order valence-electron chi connectivity index (χ1n) is 4.21. The predicted octanol–water partition coefficient (Wildman–Crippen LogP) is -0.126. The molecule has 1 aliphatic heterocycles. The molecule has 1 unspecified atom stereocenters. The lowest BCUT2D eigenvalue weighted by Gasteiger charge is -2.17. The van der Waals surface area contributed by atoms with Crippen molar-refractivity contribution < 1.29 is 4.79 Å². The Hall–Kier alpha value is -0.570. The quantitative estimate of drug-likeness (QED) is 0.552. The summed E-state index contributed by atoms with van der Waals surface area (Å²) in [5.74, 6) is 0.102. The summed E-state index contributed by atoms with van der Waals surface area (Å²) < 4.78 is 0. The van der Waals surface area contributed by atoms with E-state index in [1.54, 1.807) is 6.92 Å². The van der Waals surface area contributed by atoms with E-state index < -0.39 is 0 Å². The van der Waals surface area contributed by atoms with E-state index in [4.69, 9.17) is 0 Å². The number of nitrogens with one attached hydrogen (secondary N) is 2. The molecule has 1 saturated heterocycles. The van der Waals surface area contributed by atoms with E-state index in [-0.39, 0.29) is 5.91 Å². The molecular formula is C8H14N2O. The van der Waals surface area contributed by atoms with E-state index >= 15 is 0 Å². The SMILES string of the molecule is CC(=O)NC1CNCC12CC2. The molecule has 0 aromatic rings. The van der Waals surface area contributed by atoms with Crippen molar-refractivity contribution in [2.75, 3.05) is 13.1 Å². The molecule has 2 fully saturated rings. The van der Waals surface area contributed by atoms with E-state index in [1.165, 1.54) is 12.8 Å². The summed E-state index contributed by atoms with van der Waals surface area (Å²) in [6, 6.07) is 0.403. The van der Waals surface area contributed by atoms with Gasteiger partial charge in [0.05, 0.1) is 0 Å². The highest BCUT2D eigenvalue weighted by Crippen LogP contribution is 2.50. The molecule has 0 bridgehead atoms. The van der Waals surface area contributed by atoms with Crippen molar-refractivity contribution in [1.82, 2.24) is 10.6 Å². The number of carbonyl (C=O) groups excluding carboxylic acids is 1. The Bertz CT molecular complexity index is 187. The van der Waals surface area contributed by atoms with Gasteiger partial charge in [0.15, 0.2) is 0 Å². The van der Waals surface area contributed by atoms with Gasteiger partial charge in [-0.1, -0.05) is 0 Å². The van der Waals surface area contributed by atoms with E-state index in [1.807, 2.05) is 0 Å². The summed E-state index contributed by atoms with van der Waals surface area (Å²) >= 11 is 0. The minimum Gasteiger partial charge on any atom is -0.352 e. The predicted molar refractivity (Wildman–Crippen MR) is 42.1 cm³/mol. The fourth-order valence-electron chi connectivity index (χ4n) is 1.94. The molecule has 1 heterocycles. The summed E-state index contributed by atoms with van der Waals surface area (Å²) in [5, 5.41) is 6.31. The number of hydrogen-bond acceptors (Lipinski definition) is 2. The van der Waals surface area contributed by atoms with Crippen LogP contribution in [0.5, 0.6) is 0 Å². The van der Waals surface area contributed by atoms with Gasteiger partial charge in [0.2, 0.25) is 5.91 Å². The van der Waals surface area contributed by atoms with E-state index in [0.717, 1.165) is 13.1 Å². The van der Waals surface area contributed by atoms with Crippen LogP contribution in [0, 0.1) is 5.41 Å². The Balaban J connectivity index is 1.97. The highest BCUT2D eigenvalue weighted by atomic mass is 16.1. The van der Waals surface area contributed by atoms with E-state index in [9.17, 15) is 4.79 Å². The zero-order valence-corrected chi connectivity index (χ0v) is 6.81. The standard InChI is InChI=1S/C8H14N2O/c1-6(11)10-7-4-9-5-8(7)2-3-8/h7,9H,2-5H2,1H3,(H,10,11).